The van der Waals surface area contributed by atoms with Crippen LogP contribution in [0.3, 0.4) is 0 Å². The Morgan fingerprint density at radius 3 is 2.62 bits per heavy atom. The molecule has 2 N–H and O–H groups in total. The summed E-state index contributed by atoms with van der Waals surface area (Å²) in [6.45, 7) is 3.53. The number of phenolic OH excluding ortho intramolecular Hbond substituents is 1. The second kappa shape index (κ2) is 8.43. The molecule has 136 valence electrons. The molecule has 2 rings (SSSR count). The first-order valence-electron chi connectivity index (χ1n) is 7.47. The lowest BCUT2D eigenvalue weighted by atomic mass is 10.1. The van der Waals surface area contributed by atoms with Gasteiger partial charge in [0.25, 0.3) is 5.91 Å². The van der Waals surface area contributed by atoms with Gasteiger partial charge in [0.05, 0.1) is 11.1 Å². The third-order valence-corrected chi connectivity index (χ3v) is 3.83. The molecule has 0 aliphatic rings. The molecule has 8 nitrogen and oxygen atoms in total. The minimum absolute atomic E-state index is 0.226. The molecule has 0 saturated carbocycles. The van der Waals surface area contributed by atoms with Crippen molar-refractivity contribution in [3.8, 4) is 11.5 Å². The van der Waals surface area contributed by atoms with Crippen LogP contribution < -0.4 is 10.2 Å². The minimum Gasteiger partial charge on any atom is -0.502 e. The number of hydrazone groups is 1. The van der Waals surface area contributed by atoms with Crippen molar-refractivity contribution in [3.63, 3.8) is 0 Å². The molecule has 0 bridgehead atoms. The van der Waals surface area contributed by atoms with Crippen LogP contribution in [0.2, 0.25) is 0 Å². The Hall–Kier alpha value is -2.94. The molecule has 26 heavy (non-hydrogen) atoms. The van der Waals surface area contributed by atoms with Crippen LogP contribution in [0.1, 0.15) is 16.7 Å². The lowest BCUT2D eigenvalue weighted by Gasteiger charge is -2.11. The Kier molecular flexibility index (Phi) is 6.29. The van der Waals surface area contributed by atoms with Crippen LogP contribution in [-0.2, 0) is 4.79 Å². The van der Waals surface area contributed by atoms with Crippen molar-refractivity contribution in [2.75, 3.05) is 6.61 Å². The predicted octanol–water partition coefficient (Wildman–Crippen LogP) is 3.21. The van der Waals surface area contributed by atoms with E-state index in [4.69, 9.17) is 4.74 Å². The first-order chi connectivity index (χ1) is 12.3. The SMILES string of the molecule is Cc1cc(Br)cc(C)c1OCC(=O)NN=Cc1ccc(O)c([N+](=O)[O-])c1. The van der Waals surface area contributed by atoms with E-state index >= 15 is 0 Å². The molecule has 2 aromatic rings. The Morgan fingerprint density at radius 1 is 1.35 bits per heavy atom. The van der Waals surface area contributed by atoms with E-state index in [9.17, 15) is 20.0 Å². The number of hydrogen-bond acceptors (Lipinski definition) is 6. The summed E-state index contributed by atoms with van der Waals surface area (Å²) in [6.07, 6.45) is 1.24. The largest absolute Gasteiger partial charge is 0.502 e. The van der Waals surface area contributed by atoms with Gasteiger partial charge in [-0.25, -0.2) is 5.43 Å². The molecule has 0 atom stereocenters. The highest BCUT2D eigenvalue weighted by Crippen LogP contribution is 2.27. The van der Waals surface area contributed by atoms with Gasteiger partial charge in [-0.15, -0.1) is 0 Å². The number of aryl methyl sites for hydroxylation is 2. The number of ether oxygens (including phenoxy) is 1. The van der Waals surface area contributed by atoms with Gasteiger partial charge in [0, 0.05) is 16.1 Å². The highest BCUT2D eigenvalue weighted by atomic mass is 79.9. The van der Waals surface area contributed by atoms with Crippen molar-refractivity contribution in [1.82, 2.24) is 5.43 Å². The van der Waals surface area contributed by atoms with Gasteiger partial charge < -0.3 is 9.84 Å². The molecule has 0 spiro atoms. The van der Waals surface area contributed by atoms with Gasteiger partial charge in [0.15, 0.2) is 12.4 Å². The zero-order chi connectivity index (χ0) is 19.3. The summed E-state index contributed by atoms with van der Waals surface area (Å²) >= 11 is 3.39. The topological polar surface area (TPSA) is 114 Å². The van der Waals surface area contributed by atoms with E-state index in [-0.39, 0.29) is 6.61 Å². The molecule has 2 aromatic carbocycles. The number of amides is 1. The average Bonchev–Trinajstić information content (AvgIpc) is 2.55. The number of halogens is 1. The maximum Gasteiger partial charge on any atom is 0.311 e. The number of aromatic hydroxyl groups is 1. The maximum absolute atomic E-state index is 11.8. The van der Waals surface area contributed by atoms with E-state index < -0.39 is 22.3 Å². The molecule has 0 aliphatic carbocycles. The summed E-state index contributed by atoms with van der Waals surface area (Å²) in [5, 5.41) is 23.9. The molecule has 0 aromatic heterocycles. The number of phenols is 1. The number of nitro groups is 1. The summed E-state index contributed by atoms with van der Waals surface area (Å²) < 4.78 is 6.45. The molecule has 0 unspecified atom stereocenters. The third-order valence-electron chi connectivity index (χ3n) is 3.37. The maximum atomic E-state index is 11.8. The van der Waals surface area contributed by atoms with E-state index in [1.54, 1.807) is 0 Å². The van der Waals surface area contributed by atoms with Crippen molar-refractivity contribution in [1.29, 1.82) is 0 Å². The van der Waals surface area contributed by atoms with Crippen LogP contribution in [0.15, 0.2) is 39.9 Å². The lowest BCUT2D eigenvalue weighted by molar-refractivity contribution is -0.385. The molecule has 0 heterocycles. The summed E-state index contributed by atoms with van der Waals surface area (Å²) in [5.41, 5.74) is 3.98. The van der Waals surface area contributed by atoms with Gasteiger partial charge in [-0.05, 0) is 49.2 Å². The first-order valence-corrected chi connectivity index (χ1v) is 8.26. The van der Waals surface area contributed by atoms with Crippen LogP contribution in [0.4, 0.5) is 5.69 Å². The van der Waals surface area contributed by atoms with Crippen LogP contribution >= 0.6 is 15.9 Å². The summed E-state index contributed by atoms with van der Waals surface area (Å²) in [6, 6.07) is 7.54. The summed E-state index contributed by atoms with van der Waals surface area (Å²) in [7, 11) is 0. The molecular formula is C17H16BrN3O5. The highest BCUT2D eigenvalue weighted by Gasteiger charge is 2.13. The third kappa shape index (κ3) is 5.03. The zero-order valence-corrected chi connectivity index (χ0v) is 15.6. The number of benzene rings is 2. The lowest BCUT2D eigenvalue weighted by Crippen LogP contribution is -2.25. The second-order valence-corrected chi connectivity index (χ2v) is 6.37. The standard InChI is InChI=1S/C17H16BrN3O5/c1-10-5-13(18)6-11(2)17(10)26-9-16(23)20-19-8-12-3-4-15(22)14(7-12)21(24)25/h3-8,22H,9H2,1-2H3,(H,20,23). The smallest absolute Gasteiger partial charge is 0.311 e. The van der Waals surface area contributed by atoms with Crippen LogP contribution in [0.5, 0.6) is 11.5 Å². The van der Waals surface area contributed by atoms with Crippen LogP contribution in [0.25, 0.3) is 0 Å². The van der Waals surface area contributed by atoms with Gasteiger partial charge in [0.1, 0.15) is 5.75 Å². The molecule has 9 heteroatoms. The number of carbonyl (C=O) groups is 1. The number of nitrogens with zero attached hydrogens (tertiary/aromatic N) is 2. The van der Waals surface area contributed by atoms with Crippen molar-refractivity contribution in [3.05, 3.63) is 61.6 Å². The van der Waals surface area contributed by atoms with Gasteiger partial charge in [-0.3, -0.25) is 14.9 Å². The van der Waals surface area contributed by atoms with Crippen LogP contribution in [-0.4, -0.2) is 28.8 Å². The van der Waals surface area contributed by atoms with E-state index in [2.05, 4.69) is 26.5 Å². The average molecular weight is 422 g/mol. The van der Waals surface area contributed by atoms with Gasteiger partial charge in [0.2, 0.25) is 0 Å². The molecule has 0 fully saturated rings. The summed E-state index contributed by atoms with van der Waals surface area (Å²) in [5.74, 6) is -0.289. The fourth-order valence-corrected chi connectivity index (χ4v) is 2.93. The van der Waals surface area contributed by atoms with Crippen molar-refractivity contribution in [2.24, 2.45) is 5.10 Å². The normalized spacial score (nSPS) is 10.7. The Balaban J connectivity index is 1.94. The molecule has 0 radical (unpaired) electrons. The van der Waals surface area contributed by atoms with E-state index in [0.29, 0.717) is 11.3 Å². The zero-order valence-electron chi connectivity index (χ0n) is 14.0. The summed E-state index contributed by atoms with van der Waals surface area (Å²) in [4.78, 5) is 21.9. The molecule has 1 amide bonds. The van der Waals surface area contributed by atoms with Crippen molar-refractivity contribution < 1.29 is 19.6 Å². The van der Waals surface area contributed by atoms with E-state index in [0.717, 1.165) is 21.7 Å². The second-order valence-electron chi connectivity index (χ2n) is 5.46. The molecular weight excluding hydrogens is 406 g/mol. The fourth-order valence-electron chi connectivity index (χ4n) is 2.24. The molecule has 0 aliphatic heterocycles. The molecule has 0 saturated heterocycles. The number of rotatable bonds is 6. The first kappa shape index (κ1) is 19.4. The van der Waals surface area contributed by atoms with E-state index in [1.807, 2.05) is 26.0 Å². The Morgan fingerprint density at radius 2 is 2.00 bits per heavy atom. The van der Waals surface area contributed by atoms with Gasteiger partial charge >= 0.3 is 5.69 Å². The number of carbonyl (C=O) groups excluding carboxylic acids is 1. The number of nitro benzene ring substituents is 1. The number of hydrogen-bond donors (Lipinski definition) is 2. The minimum atomic E-state index is -0.706. The monoisotopic (exact) mass is 421 g/mol. The van der Waals surface area contributed by atoms with Gasteiger partial charge in [-0.2, -0.15) is 5.10 Å². The van der Waals surface area contributed by atoms with Crippen molar-refractivity contribution >= 4 is 33.7 Å². The fraction of sp³-hybridized carbons (Fsp3) is 0.176. The Labute approximate surface area is 157 Å². The number of nitrogens with one attached hydrogen (secondary N) is 1. The highest BCUT2D eigenvalue weighted by molar-refractivity contribution is 9.10. The quantitative estimate of drug-likeness (QED) is 0.422. The predicted molar refractivity (Wildman–Crippen MR) is 99.6 cm³/mol. The van der Waals surface area contributed by atoms with Crippen LogP contribution in [0, 0.1) is 24.0 Å². The Bertz CT molecular complexity index is 860. The van der Waals surface area contributed by atoms with E-state index in [1.165, 1.54) is 18.3 Å². The van der Waals surface area contributed by atoms with Gasteiger partial charge in [-0.1, -0.05) is 15.9 Å². The van der Waals surface area contributed by atoms with Crippen molar-refractivity contribution in [2.45, 2.75) is 13.8 Å².